The zero-order valence-corrected chi connectivity index (χ0v) is 16.4. The number of carbonyl (C=O) groups excluding carboxylic acids is 6. The quantitative estimate of drug-likeness (QED) is 0.196. The van der Waals surface area contributed by atoms with E-state index in [9.17, 15) is 43.2 Å². The Hall–Kier alpha value is -3.90. The van der Waals surface area contributed by atoms with Crippen molar-refractivity contribution in [2.24, 2.45) is 16.8 Å². The zero-order valence-electron chi connectivity index (χ0n) is 16.4. The molecule has 0 aliphatic carbocycles. The van der Waals surface area contributed by atoms with Crippen LogP contribution in [-0.2, 0) is 43.2 Å². The smallest absolute Gasteiger partial charge is 0.328 e. The number of ketones is 6. The van der Waals surface area contributed by atoms with Gasteiger partial charge in [-0.15, -0.1) is 0 Å². The van der Waals surface area contributed by atoms with Crippen LogP contribution in [0.4, 0.5) is 0 Å². The van der Waals surface area contributed by atoms with E-state index in [0.717, 1.165) is 13.8 Å². The van der Waals surface area contributed by atoms with Gasteiger partial charge in [-0.1, -0.05) is 0 Å². The maximum Gasteiger partial charge on any atom is 0.328 e. The summed E-state index contributed by atoms with van der Waals surface area (Å²) in [7, 11) is 0. The van der Waals surface area contributed by atoms with Gasteiger partial charge >= 0.3 is 17.9 Å². The van der Waals surface area contributed by atoms with Crippen molar-refractivity contribution in [1.82, 2.24) is 0 Å². The number of aliphatic imine (C=N–C) groups is 1. The fourth-order valence-corrected chi connectivity index (χ4v) is 2.32. The predicted molar refractivity (Wildman–Crippen MR) is 97.4 cm³/mol. The molecule has 168 valence electrons. The molecule has 0 aromatic heterocycles. The standard InChI is InChI=1S/C18H19NO12/c1-7(20)3-10(22)14(17(28)29)12(24)5-9(16(26)27)19-6-13(25)15(18(30)31)11(23)4-8(2)21/h6,9,14-15H,3-5H2,1-2H3,(H,26,27)(H,28,29)(H,30,31). The highest BCUT2D eigenvalue weighted by Gasteiger charge is 2.37. The Morgan fingerprint density at radius 2 is 1.10 bits per heavy atom. The molecule has 31 heavy (non-hydrogen) atoms. The molecule has 0 rings (SSSR count). The fourth-order valence-electron chi connectivity index (χ4n) is 2.32. The van der Waals surface area contributed by atoms with E-state index in [2.05, 4.69) is 4.99 Å². The van der Waals surface area contributed by atoms with E-state index in [4.69, 9.17) is 15.3 Å². The number of carbonyl (C=O) groups is 9. The molecule has 0 fully saturated rings. The molecule has 0 aromatic carbocycles. The van der Waals surface area contributed by atoms with E-state index in [0.29, 0.717) is 0 Å². The average Bonchev–Trinajstić information content (AvgIpc) is 2.56. The van der Waals surface area contributed by atoms with Crippen molar-refractivity contribution in [3.05, 3.63) is 0 Å². The van der Waals surface area contributed by atoms with Gasteiger partial charge in [-0.05, 0) is 13.8 Å². The van der Waals surface area contributed by atoms with E-state index in [1.807, 2.05) is 0 Å². The number of hydrogen-bond donors (Lipinski definition) is 3. The molecule has 3 atom stereocenters. The number of carboxylic acid groups (broad SMARTS) is 3. The summed E-state index contributed by atoms with van der Waals surface area (Å²) < 4.78 is 0. The molecule has 3 N–H and O–H groups in total. The molecule has 0 heterocycles. The van der Waals surface area contributed by atoms with Gasteiger partial charge in [0.2, 0.25) is 0 Å². The lowest BCUT2D eigenvalue weighted by molar-refractivity contribution is -0.153. The van der Waals surface area contributed by atoms with Gasteiger partial charge < -0.3 is 15.3 Å². The van der Waals surface area contributed by atoms with Gasteiger partial charge in [0.05, 0.1) is 19.1 Å². The van der Waals surface area contributed by atoms with E-state index >= 15 is 0 Å². The van der Waals surface area contributed by atoms with Crippen molar-refractivity contribution < 1.29 is 58.5 Å². The molecular formula is C18H19NO12. The SMILES string of the molecule is CC(=O)CC(=O)C(C(=O)O)C(=O)C=NC(CC(=O)C(C(=O)O)C(=O)CC(C)=O)C(=O)O. The molecule has 0 saturated heterocycles. The summed E-state index contributed by atoms with van der Waals surface area (Å²) >= 11 is 0. The third kappa shape index (κ3) is 8.97. The molecule has 0 bridgehead atoms. The van der Waals surface area contributed by atoms with Crippen molar-refractivity contribution in [2.75, 3.05) is 0 Å². The Morgan fingerprint density at radius 3 is 1.45 bits per heavy atom. The van der Waals surface area contributed by atoms with Crippen LogP contribution >= 0.6 is 0 Å². The molecule has 3 unspecified atom stereocenters. The van der Waals surface area contributed by atoms with Gasteiger partial charge in [-0.25, -0.2) is 4.79 Å². The number of Topliss-reactive ketones (excluding diaryl/α,β-unsaturated/α-hetero) is 6. The van der Waals surface area contributed by atoms with E-state index in [1.54, 1.807) is 0 Å². The molecule has 0 aliphatic rings. The van der Waals surface area contributed by atoms with Gasteiger partial charge in [0.1, 0.15) is 11.6 Å². The zero-order chi connectivity index (χ0) is 24.5. The van der Waals surface area contributed by atoms with Gasteiger partial charge in [0.15, 0.2) is 41.0 Å². The van der Waals surface area contributed by atoms with Crippen molar-refractivity contribution in [1.29, 1.82) is 0 Å². The third-order valence-electron chi connectivity index (χ3n) is 3.65. The molecule has 0 saturated carbocycles. The number of rotatable bonds is 15. The minimum absolute atomic E-state index is 0.177. The van der Waals surface area contributed by atoms with E-state index in [1.165, 1.54) is 0 Å². The topological polar surface area (TPSA) is 227 Å². The van der Waals surface area contributed by atoms with Crippen LogP contribution in [-0.4, -0.2) is 80.2 Å². The van der Waals surface area contributed by atoms with Crippen LogP contribution in [0.25, 0.3) is 0 Å². The largest absolute Gasteiger partial charge is 0.480 e. The van der Waals surface area contributed by atoms with E-state index in [-0.39, 0.29) is 6.21 Å². The molecule has 0 radical (unpaired) electrons. The summed E-state index contributed by atoms with van der Waals surface area (Å²) in [6, 6.07) is -2.08. The lowest BCUT2D eigenvalue weighted by Gasteiger charge is -2.12. The second-order valence-electron chi connectivity index (χ2n) is 6.44. The fraction of sp³-hybridized carbons (Fsp3) is 0.444. The molecule has 0 amide bonds. The highest BCUT2D eigenvalue weighted by molar-refractivity contribution is 6.39. The van der Waals surface area contributed by atoms with Crippen molar-refractivity contribution in [3.8, 4) is 0 Å². The number of hydrogen-bond acceptors (Lipinski definition) is 10. The maximum atomic E-state index is 12.1. The van der Waals surface area contributed by atoms with Gasteiger partial charge in [-0.3, -0.25) is 43.3 Å². The van der Waals surface area contributed by atoms with Crippen molar-refractivity contribution >= 4 is 58.8 Å². The molecule has 13 nitrogen and oxygen atoms in total. The molecule has 13 heteroatoms. The van der Waals surface area contributed by atoms with Crippen LogP contribution in [0.15, 0.2) is 4.99 Å². The molecular weight excluding hydrogens is 422 g/mol. The lowest BCUT2D eigenvalue weighted by Crippen LogP contribution is -2.36. The number of aliphatic carboxylic acids is 3. The van der Waals surface area contributed by atoms with Crippen LogP contribution in [0.3, 0.4) is 0 Å². The van der Waals surface area contributed by atoms with Crippen LogP contribution in [0.5, 0.6) is 0 Å². The molecule has 0 spiro atoms. The molecule has 0 aromatic rings. The van der Waals surface area contributed by atoms with Crippen LogP contribution in [0.1, 0.15) is 33.1 Å². The second kappa shape index (κ2) is 11.9. The van der Waals surface area contributed by atoms with Crippen LogP contribution in [0.2, 0.25) is 0 Å². The Balaban J connectivity index is 5.61. The highest BCUT2D eigenvalue weighted by Crippen LogP contribution is 2.12. The first-order valence-electron chi connectivity index (χ1n) is 8.51. The van der Waals surface area contributed by atoms with Crippen molar-refractivity contribution in [2.45, 2.75) is 39.2 Å². The minimum Gasteiger partial charge on any atom is -0.480 e. The van der Waals surface area contributed by atoms with Gasteiger partial charge in [0.25, 0.3) is 0 Å². The normalized spacial score (nSPS) is 13.6. The van der Waals surface area contributed by atoms with Crippen LogP contribution in [0, 0.1) is 11.8 Å². The first-order chi connectivity index (χ1) is 14.2. The Bertz CT molecular complexity index is 869. The summed E-state index contributed by atoms with van der Waals surface area (Å²) in [5.41, 5.74) is 0. The summed E-state index contributed by atoms with van der Waals surface area (Å²) in [5, 5.41) is 27.2. The van der Waals surface area contributed by atoms with Gasteiger partial charge in [0, 0.05) is 6.42 Å². The summed E-state index contributed by atoms with van der Waals surface area (Å²) in [6.45, 7) is 1.96. The van der Waals surface area contributed by atoms with E-state index < -0.39 is 89.7 Å². The maximum absolute atomic E-state index is 12.1. The predicted octanol–water partition coefficient (Wildman–Crippen LogP) is -1.46. The minimum atomic E-state index is -2.33. The summed E-state index contributed by atoms with van der Waals surface area (Å²) in [4.78, 5) is 106. The lowest BCUT2D eigenvalue weighted by atomic mass is 9.92. The average molecular weight is 441 g/mol. The first-order valence-corrected chi connectivity index (χ1v) is 8.51. The monoisotopic (exact) mass is 441 g/mol. The Labute approximate surface area is 174 Å². The Morgan fingerprint density at radius 1 is 0.677 bits per heavy atom. The Kier molecular flexibility index (Phi) is 10.4. The summed E-state index contributed by atoms with van der Waals surface area (Å²) in [6.07, 6.45) is -2.73. The third-order valence-corrected chi connectivity index (χ3v) is 3.65. The van der Waals surface area contributed by atoms with Crippen molar-refractivity contribution in [3.63, 3.8) is 0 Å². The second-order valence-corrected chi connectivity index (χ2v) is 6.44. The summed E-state index contributed by atoms with van der Waals surface area (Å²) in [5.74, 6) is -17.2. The van der Waals surface area contributed by atoms with Crippen LogP contribution < -0.4 is 0 Å². The number of carboxylic acids is 3. The number of nitrogens with zero attached hydrogens (tertiary/aromatic N) is 1. The highest BCUT2D eigenvalue weighted by atomic mass is 16.4. The van der Waals surface area contributed by atoms with Gasteiger partial charge in [-0.2, -0.15) is 0 Å². The molecule has 0 aliphatic heterocycles. The first kappa shape index (κ1) is 27.1.